The summed E-state index contributed by atoms with van der Waals surface area (Å²) >= 11 is 3.47. The molecule has 0 amide bonds. The first kappa shape index (κ1) is 12.0. The molecule has 1 aliphatic carbocycles. The number of allylic oxidation sites excluding steroid dienone is 7. The van der Waals surface area contributed by atoms with E-state index in [1.54, 1.807) is 6.08 Å². The van der Waals surface area contributed by atoms with Crippen LogP contribution in [0.25, 0.3) is 0 Å². The van der Waals surface area contributed by atoms with E-state index < -0.39 is 0 Å². The monoisotopic (exact) mass is 267 g/mol. The van der Waals surface area contributed by atoms with Crippen molar-refractivity contribution in [2.45, 2.75) is 13.3 Å². The molecule has 80 valence electrons. The topological polar surface area (TPSA) is 32.6 Å². The Morgan fingerprint density at radius 1 is 1.67 bits per heavy atom. The van der Waals surface area contributed by atoms with Gasteiger partial charge in [-0.15, -0.1) is 0 Å². The number of nitrogens with zero attached hydrogens (tertiary/aromatic N) is 1. The quantitative estimate of drug-likeness (QED) is 0.471. The van der Waals surface area contributed by atoms with Gasteiger partial charge in [0.2, 0.25) is 0 Å². The second-order valence-electron chi connectivity index (χ2n) is 3.44. The maximum absolute atomic E-state index is 8.21. The van der Waals surface area contributed by atoms with E-state index >= 15 is 0 Å². The van der Waals surface area contributed by atoms with E-state index in [9.17, 15) is 0 Å². The highest BCUT2D eigenvalue weighted by molar-refractivity contribution is 9.11. The highest BCUT2D eigenvalue weighted by Crippen LogP contribution is 2.31. The number of halogens is 1. The second kappa shape index (κ2) is 5.71. The summed E-state index contributed by atoms with van der Waals surface area (Å²) in [5.74, 6) is 0.327. The van der Waals surface area contributed by atoms with Gasteiger partial charge in [-0.2, -0.15) is 0 Å². The SMILES string of the molecule is C=C1C(C)=CC(Br)=CC1C/C=C\C=NO. The fourth-order valence-corrected chi connectivity index (χ4v) is 2.13. The Balaban J connectivity index is 2.64. The molecule has 0 heterocycles. The molecule has 0 spiro atoms. The summed E-state index contributed by atoms with van der Waals surface area (Å²) in [6, 6.07) is 0. The van der Waals surface area contributed by atoms with Crippen molar-refractivity contribution in [3.05, 3.63) is 46.5 Å². The summed E-state index contributed by atoms with van der Waals surface area (Å²) in [5, 5.41) is 11.1. The molecule has 0 bridgehead atoms. The maximum atomic E-state index is 8.21. The van der Waals surface area contributed by atoms with Crippen LogP contribution in [0.5, 0.6) is 0 Å². The van der Waals surface area contributed by atoms with Crippen LogP contribution in [-0.4, -0.2) is 11.4 Å². The van der Waals surface area contributed by atoms with Crippen molar-refractivity contribution in [1.82, 2.24) is 0 Å². The molecule has 0 saturated carbocycles. The van der Waals surface area contributed by atoms with Gasteiger partial charge in [0, 0.05) is 10.4 Å². The first-order chi connectivity index (χ1) is 7.15. The van der Waals surface area contributed by atoms with Crippen molar-refractivity contribution in [2.24, 2.45) is 11.1 Å². The Morgan fingerprint density at radius 2 is 2.40 bits per heavy atom. The lowest BCUT2D eigenvalue weighted by molar-refractivity contribution is 0.322. The summed E-state index contributed by atoms with van der Waals surface area (Å²) in [6.45, 7) is 6.12. The van der Waals surface area contributed by atoms with Crippen molar-refractivity contribution >= 4 is 22.1 Å². The van der Waals surface area contributed by atoms with Crippen LogP contribution in [0.1, 0.15) is 13.3 Å². The normalized spacial score (nSPS) is 22.3. The zero-order chi connectivity index (χ0) is 11.3. The molecule has 2 nitrogen and oxygen atoms in total. The van der Waals surface area contributed by atoms with E-state index in [0.717, 1.165) is 16.5 Å². The van der Waals surface area contributed by atoms with Crippen molar-refractivity contribution < 1.29 is 5.21 Å². The van der Waals surface area contributed by atoms with E-state index in [1.807, 2.05) is 6.08 Å². The van der Waals surface area contributed by atoms with Gasteiger partial charge in [0.15, 0.2) is 0 Å². The fourth-order valence-electron chi connectivity index (χ4n) is 1.47. The minimum atomic E-state index is 0.327. The van der Waals surface area contributed by atoms with E-state index in [2.05, 4.69) is 46.7 Å². The molecule has 0 aromatic rings. The minimum absolute atomic E-state index is 0.327. The lowest BCUT2D eigenvalue weighted by Crippen LogP contribution is -2.04. The van der Waals surface area contributed by atoms with Gasteiger partial charge in [-0.3, -0.25) is 0 Å². The van der Waals surface area contributed by atoms with Crippen LogP contribution in [0.3, 0.4) is 0 Å². The van der Waals surface area contributed by atoms with E-state index in [-0.39, 0.29) is 0 Å². The highest BCUT2D eigenvalue weighted by atomic mass is 79.9. The van der Waals surface area contributed by atoms with Gasteiger partial charge in [0.25, 0.3) is 0 Å². The Morgan fingerprint density at radius 3 is 3.07 bits per heavy atom. The molecule has 3 heteroatoms. The molecule has 0 fully saturated rings. The van der Waals surface area contributed by atoms with E-state index in [0.29, 0.717) is 5.92 Å². The summed E-state index contributed by atoms with van der Waals surface area (Å²) in [7, 11) is 0. The second-order valence-corrected chi connectivity index (χ2v) is 4.35. The standard InChI is InChI=1S/C12H14BrNO/c1-9-7-12(13)8-11(10(9)2)5-3-4-6-14-15/h3-4,6-8,11,15H,2,5H2,1H3/b4-3-,14-6?. The molecule has 1 aliphatic rings. The predicted octanol–water partition coefficient (Wildman–Crippen LogP) is 3.80. The molecule has 1 unspecified atom stereocenters. The van der Waals surface area contributed by atoms with Crippen LogP contribution >= 0.6 is 15.9 Å². The Bertz CT molecular complexity index is 364. The number of oxime groups is 1. The van der Waals surface area contributed by atoms with Crippen LogP contribution in [0, 0.1) is 5.92 Å². The predicted molar refractivity (Wildman–Crippen MR) is 67.4 cm³/mol. The summed E-state index contributed by atoms with van der Waals surface area (Å²) in [5.41, 5.74) is 2.35. The van der Waals surface area contributed by atoms with Gasteiger partial charge in [-0.25, -0.2) is 0 Å². The van der Waals surface area contributed by atoms with Crippen LogP contribution in [0.4, 0.5) is 0 Å². The molecule has 15 heavy (non-hydrogen) atoms. The molecule has 0 aromatic carbocycles. The molecule has 1 N–H and O–H groups in total. The number of hydrogen-bond donors (Lipinski definition) is 1. The molecular formula is C12H14BrNO. The van der Waals surface area contributed by atoms with Crippen molar-refractivity contribution in [2.75, 3.05) is 0 Å². The van der Waals surface area contributed by atoms with Crippen molar-refractivity contribution in [3.8, 4) is 0 Å². The molecule has 0 aliphatic heterocycles. The Hall–Kier alpha value is -1.09. The van der Waals surface area contributed by atoms with Crippen LogP contribution in [0.2, 0.25) is 0 Å². The lowest BCUT2D eigenvalue weighted by atomic mass is 9.88. The summed E-state index contributed by atoms with van der Waals surface area (Å²) in [4.78, 5) is 0. The zero-order valence-electron chi connectivity index (χ0n) is 8.65. The summed E-state index contributed by atoms with van der Waals surface area (Å²) in [6.07, 6.45) is 10.1. The third-order valence-electron chi connectivity index (χ3n) is 2.35. The van der Waals surface area contributed by atoms with Crippen molar-refractivity contribution in [1.29, 1.82) is 0 Å². The first-order valence-corrected chi connectivity index (χ1v) is 5.51. The van der Waals surface area contributed by atoms with Gasteiger partial charge in [0.05, 0.1) is 6.21 Å². The third kappa shape index (κ3) is 3.51. The van der Waals surface area contributed by atoms with Gasteiger partial charge in [-0.1, -0.05) is 39.8 Å². The highest BCUT2D eigenvalue weighted by Gasteiger charge is 2.14. The zero-order valence-corrected chi connectivity index (χ0v) is 10.2. The van der Waals surface area contributed by atoms with E-state index in [4.69, 9.17) is 5.21 Å². The molecule has 1 atom stereocenters. The summed E-state index contributed by atoms with van der Waals surface area (Å²) < 4.78 is 1.10. The molecular weight excluding hydrogens is 254 g/mol. The molecule has 0 saturated heterocycles. The Labute approximate surface area is 98.5 Å². The number of hydrogen-bond acceptors (Lipinski definition) is 2. The van der Waals surface area contributed by atoms with Crippen LogP contribution in [-0.2, 0) is 0 Å². The fraction of sp³-hybridized carbons (Fsp3) is 0.250. The molecule has 0 aromatic heterocycles. The largest absolute Gasteiger partial charge is 0.411 e. The first-order valence-electron chi connectivity index (χ1n) is 4.72. The van der Waals surface area contributed by atoms with Gasteiger partial charge in [-0.05, 0) is 36.6 Å². The third-order valence-corrected chi connectivity index (χ3v) is 2.84. The molecule has 0 radical (unpaired) electrons. The average molecular weight is 268 g/mol. The maximum Gasteiger partial charge on any atom is 0.0658 e. The van der Waals surface area contributed by atoms with Crippen LogP contribution < -0.4 is 0 Å². The van der Waals surface area contributed by atoms with Gasteiger partial charge < -0.3 is 5.21 Å². The van der Waals surface area contributed by atoms with Gasteiger partial charge >= 0.3 is 0 Å². The Kier molecular flexibility index (Phi) is 4.56. The smallest absolute Gasteiger partial charge is 0.0658 e. The van der Waals surface area contributed by atoms with E-state index in [1.165, 1.54) is 11.8 Å². The van der Waals surface area contributed by atoms with Crippen molar-refractivity contribution in [3.63, 3.8) is 0 Å². The number of rotatable bonds is 3. The minimum Gasteiger partial charge on any atom is -0.411 e. The molecule has 1 rings (SSSR count). The average Bonchev–Trinajstić information content (AvgIpc) is 2.19. The van der Waals surface area contributed by atoms with Crippen LogP contribution in [0.15, 0.2) is 51.7 Å². The lowest BCUT2D eigenvalue weighted by Gasteiger charge is -2.19. The van der Waals surface area contributed by atoms with Gasteiger partial charge in [0.1, 0.15) is 0 Å².